The van der Waals surface area contributed by atoms with E-state index in [1.807, 2.05) is 0 Å². The van der Waals surface area contributed by atoms with Gasteiger partial charge in [-0.25, -0.2) is 4.79 Å². The van der Waals surface area contributed by atoms with E-state index >= 15 is 0 Å². The van der Waals surface area contributed by atoms with Crippen LogP contribution in [0, 0.1) is 5.92 Å². The van der Waals surface area contributed by atoms with Crippen molar-refractivity contribution in [2.75, 3.05) is 26.3 Å². The molecule has 1 atom stereocenters. The topological polar surface area (TPSA) is 47.6 Å². The number of carbonyl (C=O) groups excluding carboxylic acids is 1. The van der Waals surface area contributed by atoms with Gasteiger partial charge in [-0.05, 0) is 57.5 Å². The van der Waals surface area contributed by atoms with Crippen LogP contribution in [0.1, 0.15) is 52.4 Å². The molecule has 112 valence electrons. The second kappa shape index (κ2) is 10.2. The monoisotopic (exact) mass is 271 g/mol. The van der Waals surface area contributed by atoms with Gasteiger partial charge in [0.15, 0.2) is 6.10 Å². The molecule has 0 bridgehead atoms. The molecule has 1 aliphatic heterocycles. The lowest BCUT2D eigenvalue weighted by Crippen LogP contribution is -2.22. The molecule has 0 spiro atoms. The predicted octanol–water partition coefficient (Wildman–Crippen LogP) is 2.51. The summed E-state index contributed by atoms with van der Waals surface area (Å²) in [6, 6.07) is 0. The maximum atomic E-state index is 11.5. The summed E-state index contributed by atoms with van der Waals surface area (Å²) in [4.78, 5) is 11.5. The molecule has 1 rings (SSSR count). The first-order valence-electron chi connectivity index (χ1n) is 7.69. The highest BCUT2D eigenvalue weighted by molar-refractivity contribution is 5.74. The molecular weight excluding hydrogens is 242 g/mol. The first-order valence-corrected chi connectivity index (χ1v) is 7.69. The Kier molecular flexibility index (Phi) is 8.84. The normalized spacial score (nSPS) is 19.0. The number of rotatable bonds is 10. The van der Waals surface area contributed by atoms with Crippen molar-refractivity contribution in [3.05, 3.63) is 0 Å². The lowest BCUT2D eigenvalue weighted by atomic mass is 10.1. The minimum absolute atomic E-state index is 0.174. The van der Waals surface area contributed by atoms with E-state index < -0.39 is 0 Å². The van der Waals surface area contributed by atoms with Gasteiger partial charge in [0.1, 0.15) is 0 Å². The van der Waals surface area contributed by atoms with Crippen LogP contribution in [0.2, 0.25) is 0 Å². The standard InChI is InChI=1S/C15H29NO3/c1-13(2)8-10-16-9-4-3-5-11-19-15(17)14-7-6-12-18-14/h13-14,16H,3-12H2,1-2H3. The van der Waals surface area contributed by atoms with Crippen molar-refractivity contribution in [1.29, 1.82) is 0 Å². The third-order valence-electron chi connectivity index (χ3n) is 3.33. The number of unbranched alkanes of at least 4 members (excludes halogenated alkanes) is 2. The van der Waals surface area contributed by atoms with Crippen LogP contribution in [0.3, 0.4) is 0 Å². The molecule has 0 saturated carbocycles. The molecule has 1 fully saturated rings. The highest BCUT2D eigenvalue weighted by Gasteiger charge is 2.24. The third kappa shape index (κ3) is 8.22. The fraction of sp³-hybridized carbons (Fsp3) is 0.933. The van der Waals surface area contributed by atoms with Crippen molar-refractivity contribution < 1.29 is 14.3 Å². The number of nitrogens with one attached hydrogen (secondary N) is 1. The molecule has 0 aromatic carbocycles. The zero-order valence-electron chi connectivity index (χ0n) is 12.5. The van der Waals surface area contributed by atoms with Crippen molar-refractivity contribution in [1.82, 2.24) is 5.32 Å². The largest absolute Gasteiger partial charge is 0.464 e. The van der Waals surface area contributed by atoms with E-state index in [0.29, 0.717) is 13.2 Å². The SMILES string of the molecule is CC(C)CCNCCCCCOC(=O)C1CCCO1. The molecule has 0 aliphatic carbocycles. The Morgan fingerprint density at radius 2 is 2.16 bits per heavy atom. The quantitative estimate of drug-likeness (QED) is 0.490. The first kappa shape index (κ1) is 16.4. The van der Waals surface area contributed by atoms with Crippen LogP contribution in [0.5, 0.6) is 0 Å². The zero-order valence-corrected chi connectivity index (χ0v) is 12.5. The lowest BCUT2D eigenvalue weighted by Gasteiger charge is -2.09. The molecule has 4 heteroatoms. The van der Waals surface area contributed by atoms with Crippen molar-refractivity contribution in [2.24, 2.45) is 5.92 Å². The molecule has 0 radical (unpaired) electrons. The molecule has 4 nitrogen and oxygen atoms in total. The van der Waals surface area contributed by atoms with Gasteiger partial charge in [-0.15, -0.1) is 0 Å². The van der Waals surface area contributed by atoms with Gasteiger partial charge >= 0.3 is 5.97 Å². The third-order valence-corrected chi connectivity index (χ3v) is 3.33. The molecule has 1 N–H and O–H groups in total. The Labute approximate surface area is 117 Å². The summed E-state index contributed by atoms with van der Waals surface area (Å²) in [7, 11) is 0. The van der Waals surface area contributed by atoms with Gasteiger partial charge < -0.3 is 14.8 Å². The van der Waals surface area contributed by atoms with Crippen LogP contribution in [0.15, 0.2) is 0 Å². The molecular formula is C15H29NO3. The van der Waals surface area contributed by atoms with Gasteiger partial charge in [-0.3, -0.25) is 0 Å². The number of hydrogen-bond acceptors (Lipinski definition) is 4. The van der Waals surface area contributed by atoms with Crippen LogP contribution >= 0.6 is 0 Å². The minimum atomic E-state index is -0.294. The van der Waals surface area contributed by atoms with Crippen molar-refractivity contribution in [2.45, 2.75) is 58.5 Å². The van der Waals surface area contributed by atoms with Crippen molar-refractivity contribution in [3.8, 4) is 0 Å². The summed E-state index contributed by atoms with van der Waals surface area (Å²) in [6.45, 7) is 7.87. The average Bonchev–Trinajstić information content (AvgIpc) is 2.90. The van der Waals surface area contributed by atoms with E-state index in [1.165, 1.54) is 6.42 Å². The maximum Gasteiger partial charge on any atom is 0.335 e. The zero-order chi connectivity index (χ0) is 13.9. The molecule has 0 aromatic heterocycles. The number of esters is 1. The van der Waals surface area contributed by atoms with Crippen LogP contribution in [0.25, 0.3) is 0 Å². The Morgan fingerprint density at radius 1 is 1.32 bits per heavy atom. The molecule has 0 aromatic rings. The van der Waals surface area contributed by atoms with Crippen molar-refractivity contribution in [3.63, 3.8) is 0 Å². The second-order valence-electron chi connectivity index (χ2n) is 5.66. The van der Waals surface area contributed by atoms with Gasteiger partial charge in [0.2, 0.25) is 0 Å². The van der Waals surface area contributed by atoms with Crippen molar-refractivity contribution >= 4 is 5.97 Å². The molecule has 0 amide bonds. The summed E-state index contributed by atoms with van der Waals surface area (Å²) in [5, 5.41) is 3.43. The van der Waals surface area contributed by atoms with Gasteiger partial charge in [0, 0.05) is 6.61 Å². The molecule has 19 heavy (non-hydrogen) atoms. The average molecular weight is 271 g/mol. The molecule has 1 unspecified atom stereocenters. The fourth-order valence-corrected chi connectivity index (χ4v) is 2.07. The van der Waals surface area contributed by atoms with Gasteiger partial charge in [-0.2, -0.15) is 0 Å². The Bertz CT molecular complexity index is 238. The van der Waals surface area contributed by atoms with E-state index in [0.717, 1.165) is 51.1 Å². The van der Waals surface area contributed by atoms with E-state index in [4.69, 9.17) is 9.47 Å². The summed E-state index contributed by atoms with van der Waals surface area (Å²) < 4.78 is 10.5. The molecule has 1 saturated heterocycles. The summed E-state index contributed by atoms with van der Waals surface area (Å²) in [6.07, 6.45) is 5.94. The van der Waals surface area contributed by atoms with E-state index in [9.17, 15) is 4.79 Å². The van der Waals surface area contributed by atoms with Gasteiger partial charge in [0.05, 0.1) is 6.61 Å². The maximum absolute atomic E-state index is 11.5. The Hall–Kier alpha value is -0.610. The first-order chi connectivity index (χ1) is 9.20. The Morgan fingerprint density at radius 3 is 2.84 bits per heavy atom. The van der Waals surface area contributed by atoms with Gasteiger partial charge in [0.25, 0.3) is 0 Å². The highest BCUT2D eigenvalue weighted by atomic mass is 16.6. The fourth-order valence-electron chi connectivity index (χ4n) is 2.07. The van der Waals surface area contributed by atoms with Crippen LogP contribution in [0.4, 0.5) is 0 Å². The summed E-state index contributed by atoms with van der Waals surface area (Å²) >= 11 is 0. The second-order valence-corrected chi connectivity index (χ2v) is 5.66. The van der Waals surface area contributed by atoms with Crippen LogP contribution < -0.4 is 5.32 Å². The summed E-state index contributed by atoms with van der Waals surface area (Å²) in [5.74, 6) is 0.595. The summed E-state index contributed by atoms with van der Waals surface area (Å²) in [5.41, 5.74) is 0. The van der Waals surface area contributed by atoms with E-state index in [1.54, 1.807) is 0 Å². The van der Waals surface area contributed by atoms with E-state index in [-0.39, 0.29) is 12.1 Å². The number of carbonyl (C=O) groups is 1. The molecule has 1 aliphatic rings. The predicted molar refractivity (Wildman–Crippen MR) is 76.1 cm³/mol. The van der Waals surface area contributed by atoms with E-state index in [2.05, 4.69) is 19.2 Å². The smallest absolute Gasteiger partial charge is 0.335 e. The minimum Gasteiger partial charge on any atom is -0.464 e. The highest BCUT2D eigenvalue weighted by Crippen LogP contribution is 2.13. The Balaban J connectivity index is 1.82. The van der Waals surface area contributed by atoms with Gasteiger partial charge in [-0.1, -0.05) is 13.8 Å². The number of hydrogen-bond donors (Lipinski definition) is 1. The van der Waals surface area contributed by atoms with Crippen LogP contribution in [-0.4, -0.2) is 38.4 Å². The number of ether oxygens (including phenoxy) is 2. The lowest BCUT2D eigenvalue weighted by molar-refractivity contribution is -0.154. The molecule has 1 heterocycles. The van der Waals surface area contributed by atoms with Crippen LogP contribution in [-0.2, 0) is 14.3 Å².